The highest BCUT2D eigenvalue weighted by atomic mass is 19.1. The van der Waals surface area contributed by atoms with E-state index in [-0.39, 0.29) is 5.82 Å². The summed E-state index contributed by atoms with van der Waals surface area (Å²) in [6.07, 6.45) is 7.19. The standard InChI is InChI=1S/C26H21FN8/c1-35(2)14-15-8-17(12-28-11-15)18-10-21-23(33-34-24(21)30-13-18)26-31-22-20(6-7-29-25(22)32-26)16-4-3-5-19(27)9-16/h3-13H,14H2,1-2H3,(H,29,31,32)(H,30,33,34). The maximum Gasteiger partial charge on any atom is 0.161 e. The van der Waals surface area contributed by atoms with E-state index >= 15 is 0 Å². The smallest absolute Gasteiger partial charge is 0.161 e. The quantitative estimate of drug-likeness (QED) is 0.379. The second kappa shape index (κ2) is 8.37. The molecular formula is C26H21FN8. The number of halogens is 1. The molecule has 5 aromatic heterocycles. The molecule has 6 aromatic rings. The van der Waals surface area contributed by atoms with Crippen LogP contribution in [0.25, 0.3) is 56.0 Å². The normalized spacial score (nSPS) is 11.7. The summed E-state index contributed by atoms with van der Waals surface area (Å²) in [7, 11) is 4.06. The summed E-state index contributed by atoms with van der Waals surface area (Å²) in [4.78, 5) is 23.5. The molecule has 0 aliphatic carbocycles. The van der Waals surface area contributed by atoms with Gasteiger partial charge >= 0.3 is 0 Å². The summed E-state index contributed by atoms with van der Waals surface area (Å²) in [5.41, 5.74) is 7.09. The Balaban J connectivity index is 1.45. The maximum atomic E-state index is 13.8. The second-order valence-corrected chi connectivity index (χ2v) is 8.66. The van der Waals surface area contributed by atoms with E-state index in [0.29, 0.717) is 28.3 Å². The molecule has 9 heteroatoms. The van der Waals surface area contributed by atoms with E-state index in [4.69, 9.17) is 4.98 Å². The van der Waals surface area contributed by atoms with Gasteiger partial charge in [0.2, 0.25) is 0 Å². The van der Waals surface area contributed by atoms with Gasteiger partial charge in [-0.3, -0.25) is 10.1 Å². The van der Waals surface area contributed by atoms with Gasteiger partial charge in [0.25, 0.3) is 0 Å². The molecule has 0 amide bonds. The van der Waals surface area contributed by atoms with Gasteiger partial charge in [-0.15, -0.1) is 0 Å². The second-order valence-electron chi connectivity index (χ2n) is 8.66. The first-order chi connectivity index (χ1) is 17.0. The molecule has 6 rings (SSSR count). The Labute approximate surface area is 199 Å². The van der Waals surface area contributed by atoms with E-state index in [2.05, 4.69) is 41.1 Å². The number of aromatic amines is 2. The predicted octanol–water partition coefficient (Wildman–Crippen LogP) is 4.83. The zero-order chi connectivity index (χ0) is 23.9. The molecule has 0 aliphatic heterocycles. The van der Waals surface area contributed by atoms with Crippen LogP contribution in [0.1, 0.15) is 5.56 Å². The topological polar surface area (TPSA) is 99.3 Å². The fourth-order valence-electron chi connectivity index (χ4n) is 4.25. The predicted molar refractivity (Wildman–Crippen MR) is 133 cm³/mol. The Bertz CT molecular complexity index is 1680. The van der Waals surface area contributed by atoms with Gasteiger partial charge in [0, 0.05) is 48.0 Å². The molecular weight excluding hydrogens is 443 g/mol. The molecule has 2 N–H and O–H groups in total. The molecule has 0 spiro atoms. The van der Waals surface area contributed by atoms with Crippen LogP contribution in [0, 0.1) is 5.82 Å². The molecule has 0 aliphatic rings. The number of nitrogens with zero attached hydrogens (tertiary/aromatic N) is 6. The summed E-state index contributed by atoms with van der Waals surface area (Å²) in [6.45, 7) is 0.799. The van der Waals surface area contributed by atoms with Crippen LogP contribution in [-0.4, -0.2) is 54.1 Å². The minimum Gasteiger partial charge on any atom is -0.321 e. The number of nitrogens with one attached hydrogen (secondary N) is 2. The van der Waals surface area contributed by atoms with Crippen molar-refractivity contribution < 1.29 is 4.39 Å². The van der Waals surface area contributed by atoms with Crippen LogP contribution in [-0.2, 0) is 6.54 Å². The van der Waals surface area contributed by atoms with Gasteiger partial charge in [-0.2, -0.15) is 5.10 Å². The van der Waals surface area contributed by atoms with Gasteiger partial charge in [0.05, 0.1) is 5.39 Å². The van der Waals surface area contributed by atoms with Crippen molar-refractivity contribution in [1.82, 2.24) is 40.0 Å². The first kappa shape index (κ1) is 21.1. The van der Waals surface area contributed by atoms with Crippen molar-refractivity contribution >= 4 is 22.2 Å². The Kier molecular flexibility index (Phi) is 5.04. The molecule has 1 aromatic carbocycles. The number of hydrogen-bond donors (Lipinski definition) is 2. The van der Waals surface area contributed by atoms with Gasteiger partial charge in [-0.05, 0) is 55.6 Å². The third kappa shape index (κ3) is 3.91. The van der Waals surface area contributed by atoms with Crippen LogP contribution in [0.2, 0.25) is 0 Å². The van der Waals surface area contributed by atoms with Crippen LogP contribution in [0.3, 0.4) is 0 Å². The van der Waals surface area contributed by atoms with Crippen molar-refractivity contribution in [2.45, 2.75) is 6.54 Å². The maximum absolute atomic E-state index is 13.8. The van der Waals surface area contributed by atoms with Crippen molar-refractivity contribution in [2.24, 2.45) is 0 Å². The number of fused-ring (bicyclic) bond motifs is 2. The van der Waals surface area contributed by atoms with Gasteiger partial charge in [0.1, 0.15) is 17.0 Å². The molecule has 0 radical (unpaired) electrons. The third-order valence-electron chi connectivity index (χ3n) is 5.79. The van der Waals surface area contributed by atoms with E-state index in [9.17, 15) is 4.39 Å². The SMILES string of the molecule is CN(C)Cc1cncc(-c2cnc3[nH]nc(-c4nc5c(-c6cccc(F)c6)ccnc5[nH]4)c3c2)c1. The molecule has 172 valence electrons. The largest absolute Gasteiger partial charge is 0.321 e. The minimum absolute atomic E-state index is 0.302. The summed E-state index contributed by atoms with van der Waals surface area (Å²) in [5.74, 6) is 0.255. The lowest BCUT2D eigenvalue weighted by molar-refractivity contribution is 0.402. The van der Waals surface area contributed by atoms with Crippen LogP contribution in [0.5, 0.6) is 0 Å². The van der Waals surface area contributed by atoms with Crippen LogP contribution in [0.15, 0.2) is 67.3 Å². The van der Waals surface area contributed by atoms with Gasteiger partial charge in [0.15, 0.2) is 17.1 Å². The molecule has 0 atom stereocenters. The highest BCUT2D eigenvalue weighted by Crippen LogP contribution is 2.32. The number of imidazole rings is 1. The zero-order valence-corrected chi connectivity index (χ0v) is 19.1. The van der Waals surface area contributed by atoms with Gasteiger partial charge in [-0.1, -0.05) is 12.1 Å². The van der Waals surface area contributed by atoms with Crippen molar-refractivity contribution in [2.75, 3.05) is 14.1 Å². The highest BCUT2D eigenvalue weighted by molar-refractivity contribution is 5.96. The number of pyridine rings is 3. The molecule has 0 bridgehead atoms. The number of hydrogen-bond acceptors (Lipinski definition) is 6. The van der Waals surface area contributed by atoms with E-state index in [1.54, 1.807) is 12.3 Å². The number of H-pyrrole nitrogens is 2. The van der Waals surface area contributed by atoms with Crippen molar-refractivity contribution in [1.29, 1.82) is 0 Å². The highest BCUT2D eigenvalue weighted by Gasteiger charge is 2.17. The van der Waals surface area contributed by atoms with E-state index in [1.807, 2.05) is 50.9 Å². The van der Waals surface area contributed by atoms with Crippen LogP contribution < -0.4 is 0 Å². The molecule has 35 heavy (non-hydrogen) atoms. The van der Waals surface area contributed by atoms with Gasteiger partial charge in [-0.25, -0.2) is 19.3 Å². The molecule has 0 fully saturated rings. The average molecular weight is 465 g/mol. The minimum atomic E-state index is -0.302. The molecule has 8 nitrogen and oxygen atoms in total. The summed E-state index contributed by atoms with van der Waals surface area (Å²) in [6, 6.07) is 12.4. The molecule has 0 unspecified atom stereocenters. The first-order valence-electron chi connectivity index (χ1n) is 11.1. The van der Waals surface area contributed by atoms with Crippen molar-refractivity contribution in [3.63, 3.8) is 0 Å². The first-order valence-corrected chi connectivity index (χ1v) is 11.1. The molecule has 0 saturated heterocycles. The monoisotopic (exact) mass is 464 g/mol. The number of benzene rings is 1. The van der Waals surface area contributed by atoms with Crippen molar-refractivity contribution in [3.8, 4) is 33.8 Å². The summed E-state index contributed by atoms with van der Waals surface area (Å²) in [5, 5.41) is 8.29. The molecule has 0 saturated carbocycles. The Morgan fingerprint density at radius 2 is 1.80 bits per heavy atom. The Morgan fingerprint density at radius 3 is 2.66 bits per heavy atom. The zero-order valence-electron chi connectivity index (χ0n) is 19.1. The van der Waals surface area contributed by atoms with Crippen LogP contribution >= 0.6 is 0 Å². The number of aromatic nitrogens is 7. The van der Waals surface area contributed by atoms with Crippen molar-refractivity contribution in [3.05, 3.63) is 78.6 Å². The third-order valence-corrected chi connectivity index (χ3v) is 5.79. The van der Waals surface area contributed by atoms with Gasteiger partial charge < -0.3 is 9.88 Å². The fraction of sp³-hybridized carbons (Fsp3) is 0.115. The Morgan fingerprint density at radius 1 is 0.914 bits per heavy atom. The lowest BCUT2D eigenvalue weighted by Crippen LogP contribution is -2.10. The number of rotatable bonds is 5. The Hall–Kier alpha value is -4.50. The van der Waals surface area contributed by atoms with Crippen LogP contribution in [0.4, 0.5) is 4.39 Å². The lowest BCUT2D eigenvalue weighted by Gasteiger charge is -2.10. The average Bonchev–Trinajstić information content (AvgIpc) is 3.47. The lowest BCUT2D eigenvalue weighted by atomic mass is 10.1. The van der Waals surface area contributed by atoms with E-state index in [1.165, 1.54) is 12.1 Å². The fourth-order valence-corrected chi connectivity index (χ4v) is 4.25. The summed E-state index contributed by atoms with van der Waals surface area (Å²) < 4.78 is 13.8. The van der Waals surface area contributed by atoms with E-state index < -0.39 is 0 Å². The molecule has 5 heterocycles. The summed E-state index contributed by atoms with van der Waals surface area (Å²) >= 11 is 0. The van der Waals surface area contributed by atoms with E-state index in [0.717, 1.165) is 39.7 Å².